The first kappa shape index (κ1) is 14.9. The van der Waals surface area contributed by atoms with Crippen LogP contribution in [0.3, 0.4) is 0 Å². The molecular weight excluding hydrogens is 292 g/mol. The molecule has 0 aliphatic rings. The quantitative estimate of drug-likeness (QED) is 0.779. The van der Waals surface area contributed by atoms with Gasteiger partial charge in [0.05, 0.1) is 10.8 Å². The van der Waals surface area contributed by atoms with E-state index in [0.717, 1.165) is 0 Å². The van der Waals surface area contributed by atoms with E-state index < -0.39 is 16.0 Å². The molecule has 2 nitrogen and oxygen atoms in total. The molecule has 0 radical (unpaired) electrons. The van der Waals surface area contributed by atoms with Crippen LogP contribution in [0, 0.1) is 0 Å². The Hall–Kier alpha value is -1.45. The van der Waals surface area contributed by atoms with Crippen LogP contribution >= 0.6 is 11.6 Å². The van der Waals surface area contributed by atoms with Gasteiger partial charge in [-0.2, -0.15) is 0 Å². The molecule has 2 rings (SSSR count). The molecule has 4 heteroatoms. The molecule has 2 unspecified atom stereocenters. The van der Waals surface area contributed by atoms with Crippen LogP contribution in [0.25, 0.3) is 0 Å². The van der Waals surface area contributed by atoms with Gasteiger partial charge in [-0.05, 0) is 30.7 Å². The van der Waals surface area contributed by atoms with Crippen molar-refractivity contribution in [1.29, 1.82) is 0 Å². The lowest BCUT2D eigenvalue weighted by atomic mass is 10.1. The molecule has 0 aliphatic carbocycles. The molecule has 2 aromatic rings. The Morgan fingerprint density at radius 1 is 1.10 bits per heavy atom. The van der Waals surface area contributed by atoms with E-state index in [9.17, 15) is 9.00 Å². The molecule has 0 spiro atoms. The SMILES string of the molecule is CCC(C(=O)c1ccccc1)S(=O)c1ccc(Cl)cc1. The second kappa shape index (κ2) is 6.82. The molecule has 0 aliphatic heterocycles. The Morgan fingerprint density at radius 2 is 1.70 bits per heavy atom. The molecule has 0 amide bonds. The van der Waals surface area contributed by atoms with Crippen molar-refractivity contribution in [3.63, 3.8) is 0 Å². The summed E-state index contributed by atoms with van der Waals surface area (Å²) in [5.74, 6) is -0.0821. The monoisotopic (exact) mass is 306 g/mol. The number of Topliss-reactive ketones (excluding diaryl/α,β-unsaturated/α-hetero) is 1. The third-order valence-electron chi connectivity index (χ3n) is 3.03. The normalized spacial score (nSPS) is 13.7. The van der Waals surface area contributed by atoms with Crippen LogP contribution in [0.5, 0.6) is 0 Å². The topological polar surface area (TPSA) is 34.1 Å². The van der Waals surface area contributed by atoms with Crippen LogP contribution in [0.4, 0.5) is 0 Å². The van der Waals surface area contributed by atoms with Crippen molar-refractivity contribution in [2.45, 2.75) is 23.5 Å². The Balaban J connectivity index is 2.26. The number of rotatable bonds is 5. The number of halogens is 1. The summed E-state index contributed by atoms with van der Waals surface area (Å²) in [5.41, 5.74) is 0.599. The average Bonchev–Trinajstić information content (AvgIpc) is 2.49. The minimum Gasteiger partial charge on any atom is -0.293 e. The average molecular weight is 307 g/mol. The van der Waals surface area contributed by atoms with Crippen molar-refractivity contribution in [3.05, 3.63) is 65.2 Å². The molecule has 20 heavy (non-hydrogen) atoms. The fraction of sp³-hybridized carbons (Fsp3) is 0.188. The van der Waals surface area contributed by atoms with Gasteiger partial charge in [0, 0.05) is 15.5 Å². The van der Waals surface area contributed by atoms with E-state index in [1.54, 1.807) is 36.4 Å². The lowest BCUT2D eigenvalue weighted by molar-refractivity contribution is 0.0986. The number of benzene rings is 2. The third kappa shape index (κ3) is 3.35. The van der Waals surface area contributed by atoms with E-state index in [1.165, 1.54) is 0 Å². The van der Waals surface area contributed by atoms with Gasteiger partial charge in [0.1, 0.15) is 5.25 Å². The molecule has 0 heterocycles. The van der Waals surface area contributed by atoms with E-state index in [-0.39, 0.29) is 5.78 Å². The lowest BCUT2D eigenvalue weighted by Crippen LogP contribution is -2.25. The number of carbonyl (C=O) groups excluding carboxylic acids is 1. The van der Waals surface area contributed by atoms with Crippen LogP contribution in [-0.2, 0) is 10.8 Å². The summed E-state index contributed by atoms with van der Waals surface area (Å²) in [6.45, 7) is 1.87. The highest BCUT2D eigenvalue weighted by atomic mass is 35.5. The van der Waals surface area contributed by atoms with Crippen LogP contribution in [0.1, 0.15) is 23.7 Å². The Kier molecular flexibility index (Phi) is 5.10. The number of ketones is 1. The zero-order valence-electron chi connectivity index (χ0n) is 11.1. The highest BCUT2D eigenvalue weighted by Gasteiger charge is 2.25. The van der Waals surface area contributed by atoms with Crippen molar-refractivity contribution >= 4 is 28.2 Å². The predicted octanol–water partition coefficient (Wildman–Crippen LogP) is 4.11. The van der Waals surface area contributed by atoms with Crippen molar-refractivity contribution in [3.8, 4) is 0 Å². The maximum absolute atomic E-state index is 12.5. The second-order valence-corrected chi connectivity index (χ2v) is 6.45. The van der Waals surface area contributed by atoms with E-state index in [0.29, 0.717) is 21.9 Å². The molecule has 0 fully saturated rings. The van der Waals surface area contributed by atoms with Gasteiger partial charge >= 0.3 is 0 Å². The highest BCUT2D eigenvalue weighted by molar-refractivity contribution is 7.86. The summed E-state index contributed by atoms with van der Waals surface area (Å²) in [6.07, 6.45) is 0.531. The highest BCUT2D eigenvalue weighted by Crippen LogP contribution is 2.20. The summed E-state index contributed by atoms with van der Waals surface area (Å²) in [4.78, 5) is 13.1. The molecule has 0 bridgehead atoms. The molecule has 0 saturated carbocycles. The van der Waals surface area contributed by atoms with Crippen molar-refractivity contribution in [2.24, 2.45) is 0 Å². The first-order valence-electron chi connectivity index (χ1n) is 6.39. The minimum absolute atomic E-state index is 0.0821. The Labute approximate surface area is 126 Å². The zero-order chi connectivity index (χ0) is 14.5. The van der Waals surface area contributed by atoms with E-state index in [2.05, 4.69) is 0 Å². The first-order chi connectivity index (χ1) is 9.63. The number of carbonyl (C=O) groups is 1. The predicted molar refractivity (Wildman–Crippen MR) is 82.7 cm³/mol. The van der Waals surface area contributed by atoms with E-state index in [1.807, 2.05) is 25.1 Å². The standard InChI is InChI=1S/C16H15ClO2S/c1-2-15(16(18)12-6-4-3-5-7-12)20(19)14-10-8-13(17)9-11-14/h3-11,15H,2H2,1H3. The summed E-state index contributed by atoms with van der Waals surface area (Å²) in [6, 6.07) is 15.8. The number of hydrogen-bond donors (Lipinski definition) is 0. The van der Waals surface area contributed by atoms with E-state index in [4.69, 9.17) is 11.6 Å². The van der Waals surface area contributed by atoms with Crippen LogP contribution in [-0.4, -0.2) is 15.2 Å². The Morgan fingerprint density at radius 3 is 2.25 bits per heavy atom. The maximum atomic E-state index is 12.5. The van der Waals surface area contributed by atoms with Gasteiger partial charge in [-0.15, -0.1) is 0 Å². The summed E-state index contributed by atoms with van der Waals surface area (Å²) in [5, 5.41) is 0.0618. The second-order valence-electron chi connectivity index (χ2n) is 4.38. The van der Waals surface area contributed by atoms with Gasteiger partial charge in [0.2, 0.25) is 0 Å². The Bertz CT molecular complexity index is 608. The molecule has 104 valence electrons. The molecule has 2 aromatic carbocycles. The van der Waals surface area contributed by atoms with Crippen LogP contribution in [0.15, 0.2) is 59.5 Å². The van der Waals surface area contributed by atoms with Crippen LogP contribution < -0.4 is 0 Å². The number of hydrogen-bond acceptors (Lipinski definition) is 2. The zero-order valence-corrected chi connectivity index (χ0v) is 12.7. The van der Waals surface area contributed by atoms with Gasteiger partial charge < -0.3 is 0 Å². The minimum atomic E-state index is -1.37. The van der Waals surface area contributed by atoms with Crippen molar-refractivity contribution in [1.82, 2.24) is 0 Å². The molecule has 2 atom stereocenters. The smallest absolute Gasteiger partial charge is 0.178 e. The van der Waals surface area contributed by atoms with Gasteiger partial charge in [-0.25, -0.2) is 0 Å². The molecule has 0 aromatic heterocycles. The summed E-state index contributed by atoms with van der Waals surface area (Å²) < 4.78 is 12.5. The molecule has 0 N–H and O–H groups in total. The maximum Gasteiger partial charge on any atom is 0.178 e. The van der Waals surface area contributed by atoms with Crippen LogP contribution in [0.2, 0.25) is 5.02 Å². The molecule has 0 saturated heterocycles. The van der Waals surface area contributed by atoms with Crippen molar-refractivity contribution in [2.75, 3.05) is 0 Å². The van der Waals surface area contributed by atoms with Gasteiger partial charge in [-0.1, -0.05) is 48.9 Å². The largest absolute Gasteiger partial charge is 0.293 e. The summed E-state index contributed by atoms with van der Waals surface area (Å²) in [7, 11) is -1.37. The first-order valence-corrected chi connectivity index (χ1v) is 7.98. The van der Waals surface area contributed by atoms with Gasteiger partial charge in [0.15, 0.2) is 5.78 Å². The lowest BCUT2D eigenvalue weighted by Gasteiger charge is -2.13. The third-order valence-corrected chi connectivity index (χ3v) is 5.08. The van der Waals surface area contributed by atoms with Gasteiger partial charge in [0.25, 0.3) is 0 Å². The fourth-order valence-electron chi connectivity index (χ4n) is 1.96. The van der Waals surface area contributed by atoms with E-state index >= 15 is 0 Å². The fourth-order valence-corrected chi connectivity index (χ4v) is 3.45. The van der Waals surface area contributed by atoms with Crippen molar-refractivity contribution < 1.29 is 9.00 Å². The van der Waals surface area contributed by atoms with Gasteiger partial charge in [-0.3, -0.25) is 9.00 Å². The summed E-state index contributed by atoms with van der Waals surface area (Å²) >= 11 is 5.82. The molecular formula is C16H15ClO2S.